The maximum atomic E-state index is 14.9. The normalized spacial score (nSPS) is 15.3. The number of aromatic nitrogens is 3. The number of anilines is 1. The van der Waals surface area contributed by atoms with E-state index in [2.05, 4.69) is 20.4 Å². The lowest BCUT2D eigenvalue weighted by atomic mass is 10.1. The minimum Gasteiger partial charge on any atom is -0.382 e. The number of nitrogens with one attached hydrogen (secondary N) is 1. The van der Waals surface area contributed by atoms with E-state index in [1.807, 2.05) is 0 Å². The van der Waals surface area contributed by atoms with E-state index in [1.54, 1.807) is 43.3 Å². The summed E-state index contributed by atoms with van der Waals surface area (Å²) >= 11 is 0. The Kier molecular flexibility index (Phi) is 8.19. The average Bonchev–Trinajstić information content (AvgIpc) is 3.46. The second-order valence-corrected chi connectivity index (χ2v) is 11.9. The van der Waals surface area contributed by atoms with Crippen molar-refractivity contribution in [2.75, 3.05) is 25.6 Å². The largest absolute Gasteiger partial charge is 0.382 e. The lowest BCUT2D eigenvalue weighted by molar-refractivity contribution is 0.0983. The Hall–Kier alpha value is -3.74. The smallest absolute Gasteiger partial charge is 0.189 e. The van der Waals surface area contributed by atoms with Gasteiger partial charge in [-0.15, -0.1) is 0 Å². The van der Waals surface area contributed by atoms with Gasteiger partial charge in [0.2, 0.25) is 0 Å². The number of nitrogens with zero attached hydrogens (tertiary/aromatic N) is 3. The third-order valence-electron chi connectivity index (χ3n) is 6.83. The van der Waals surface area contributed by atoms with Gasteiger partial charge < -0.3 is 20.3 Å². The zero-order chi connectivity index (χ0) is 28.3. The molecule has 1 aliphatic heterocycles. The number of halogens is 2. The van der Waals surface area contributed by atoms with E-state index in [1.165, 1.54) is 18.3 Å². The molecule has 1 aliphatic rings. The summed E-state index contributed by atoms with van der Waals surface area (Å²) in [6.45, 7) is 2.39. The zero-order valence-electron chi connectivity index (χ0n) is 21.8. The van der Waals surface area contributed by atoms with Crippen molar-refractivity contribution in [2.24, 2.45) is 0 Å². The van der Waals surface area contributed by atoms with Crippen molar-refractivity contribution in [3.05, 3.63) is 66.1 Å². The highest BCUT2D eigenvalue weighted by Crippen LogP contribution is 2.32. The fraction of sp³-hybridized carbons (Fsp3) is 0.321. The van der Waals surface area contributed by atoms with Gasteiger partial charge in [-0.25, -0.2) is 27.2 Å². The highest BCUT2D eigenvalue weighted by molar-refractivity contribution is 7.92. The second kappa shape index (κ2) is 11.8. The molecule has 0 bridgehead atoms. The van der Waals surface area contributed by atoms with Gasteiger partial charge in [0, 0.05) is 43.0 Å². The Morgan fingerprint density at radius 2 is 1.85 bits per heavy atom. The second-order valence-electron chi connectivity index (χ2n) is 9.70. The van der Waals surface area contributed by atoms with E-state index in [0.29, 0.717) is 49.4 Å². The number of ether oxygens (including phenoxy) is 1. The minimum atomic E-state index is -3.47. The monoisotopic (exact) mass is 569 g/mol. The van der Waals surface area contributed by atoms with Crippen LogP contribution in [-0.4, -0.2) is 54.7 Å². The number of sulfone groups is 1. The fourth-order valence-electron chi connectivity index (χ4n) is 4.45. The molecule has 5 rings (SSSR count). The third-order valence-corrected chi connectivity index (χ3v) is 9.10. The Labute approximate surface area is 230 Å². The van der Waals surface area contributed by atoms with Crippen molar-refractivity contribution in [1.82, 2.24) is 20.4 Å². The molecule has 0 aliphatic carbocycles. The van der Waals surface area contributed by atoms with E-state index in [-0.39, 0.29) is 39.5 Å². The molecule has 9 nitrogen and oxygen atoms in total. The maximum Gasteiger partial charge on any atom is 0.189 e. The van der Waals surface area contributed by atoms with Crippen LogP contribution in [0, 0.1) is 5.82 Å². The molecule has 210 valence electrons. The van der Waals surface area contributed by atoms with Crippen LogP contribution >= 0.6 is 0 Å². The first-order valence-electron chi connectivity index (χ1n) is 12.9. The molecule has 0 radical (unpaired) electrons. The van der Waals surface area contributed by atoms with Crippen molar-refractivity contribution in [3.8, 4) is 34.0 Å². The quantitative estimate of drug-likeness (QED) is 0.297. The molecule has 4 aromatic rings. The summed E-state index contributed by atoms with van der Waals surface area (Å²) in [5, 5.41) is 6.50. The average molecular weight is 570 g/mol. The van der Waals surface area contributed by atoms with Crippen LogP contribution in [0.2, 0.25) is 0 Å². The molecule has 1 atom stereocenters. The molecule has 1 saturated heterocycles. The number of hydrogen-bond donors (Lipinski definition) is 2. The van der Waals surface area contributed by atoms with E-state index in [9.17, 15) is 17.2 Å². The molecule has 12 heteroatoms. The Bertz CT molecular complexity index is 1590. The molecule has 2 aromatic carbocycles. The molecular formula is C28H29F2N5O4S. The number of nitrogens with two attached hydrogens (primary N) is 1. The summed E-state index contributed by atoms with van der Waals surface area (Å²) in [6.07, 6.45) is 2.43. The predicted molar refractivity (Wildman–Crippen MR) is 146 cm³/mol. The van der Waals surface area contributed by atoms with Gasteiger partial charge in [0.1, 0.15) is 18.2 Å². The van der Waals surface area contributed by atoms with E-state index in [0.717, 1.165) is 0 Å². The van der Waals surface area contributed by atoms with Gasteiger partial charge >= 0.3 is 0 Å². The van der Waals surface area contributed by atoms with Crippen molar-refractivity contribution >= 4 is 15.7 Å². The Morgan fingerprint density at radius 1 is 1.10 bits per heavy atom. The molecule has 0 saturated carbocycles. The number of hydrogen-bond acceptors (Lipinski definition) is 9. The molecule has 1 unspecified atom stereocenters. The highest BCUT2D eigenvalue weighted by Gasteiger charge is 2.29. The number of nitrogen functional groups attached to an aromatic ring is 1. The first kappa shape index (κ1) is 27.8. The van der Waals surface area contributed by atoms with Gasteiger partial charge in [0.15, 0.2) is 27.1 Å². The SMILES string of the molecule is CC(CF)NCc1ccc(-c2cc(-c3nc(-c4ccc(S(=O)(=O)C5CCOCC5)cc4)cnc3N)on2)c(F)c1. The van der Waals surface area contributed by atoms with Crippen LogP contribution in [-0.2, 0) is 21.1 Å². The molecule has 3 N–H and O–H groups in total. The molecule has 1 fully saturated rings. The van der Waals surface area contributed by atoms with Gasteiger partial charge in [0.25, 0.3) is 0 Å². The number of rotatable bonds is 9. The Morgan fingerprint density at radius 3 is 2.55 bits per heavy atom. The molecule has 3 heterocycles. The van der Waals surface area contributed by atoms with E-state index in [4.69, 9.17) is 15.0 Å². The number of alkyl halides is 1. The van der Waals surface area contributed by atoms with Gasteiger partial charge in [-0.3, -0.25) is 0 Å². The summed E-state index contributed by atoms with van der Waals surface area (Å²) in [4.78, 5) is 9.03. The van der Waals surface area contributed by atoms with Gasteiger partial charge in [0.05, 0.1) is 22.0 Å². The third kappa shape index (κ3) is 5.88. The lowest BCUT2D eigenvalue weighted by Crippen LogP contribution is -2.28. The van der Waals surface area contributed by atoms with Crippen LogP contribution in [0.4, 0.5) is 14.6 Å². The molecule has 2 aromatic heterocycles. The summed E-state index contributed by atoms with van der Waals surface area (Å²) in [6, 6.07) is 12.3. The first-order valence-corrected chi connectivity index (χ1v) is 14.4. The summed E-state index contributed by atoms with van der Waals surface area (Å²) in [7, 11) is -3.47. The topological polar surface area (TPSA) is 133 Å². The maximum absolute atomic E-state index is 14.9. The number of benzene rings is 2. The van der Waals surface area contributed by atoms with Crippen LogP contribution < -0.4 is 11.1 Å². The van der Waals surface area contributed by atoms with E-state index >= 15 is 0 Å². The van der Waals surface area contributed by atoms with Crippen molar-refractivity contribution in [1.29, 1.82) is 0 Å². The standard InChI is InChI=1S/C28H29F2N5O4S/c1-17(14-29)32-15-18-2-7-22(23(30)12-18)24-13-26(39-35-24)27-28(31)33-16-25(34-27)19-3-5-20(6-4-19)40(36,37)21-8-10-38-11-9-21/h2-7,12-13,16-17,21,32H,8-11,14-15H2,1H3,(H2,31,33). The van der Waals surface area contributed by atoms with Gasteiger partial charge in [-0.1, -0.05) is 23.4 Å². The van der Waals surface area contributed by atoms with Gasteiger partial charge in [-0.2, -0.15) is 0 Å². The molecule has 0 amide bonds. The summed E-state index contributed by atoms with van der Waals surface area (Å²) < 4.78 is 64.3. The van der Waals surface area contributed by atoms with Crippen LogP contribution in [0.25, 0.3) is 34.0 Å². The van der Waals surface area contributed by atoms with Crippen molar-refractivity contribution in [3.63, 3.8) is 0 Å². The summed E-state index contributed by atoms with van der Waals surface area (Å²) in [5.74, 6) is -0.216. The molecule has 0 spiro atoms. The molecule has 40 heavy (non-hydrogen) atoms. The Balaban J connectivity index is 1.36. The lowest BCUT2D eigenvalue weighted by Gasteiger charge is -2.22. The first-order chi connectivity index (χ1) is 19.3. The van der Waals surface area contributed by atoms with Crippen LogP contribution in [0.5, 0.6) is 0 Å². The fourth-order valence-corrected chi connectivity index (χ4v) is 6.16. The van der Waals surface area contributed by atoms with Crippen LogP contribution in [0.15, 0.2) is 64.1 Å². The highest BCUT2D eigenvalue weighted by atomic mass is 32.2. The van der Waals surface area contributed by atoms with Gasteiger partial charge in [-0.05, 0) is 49.6 Å². The van der Waals surface area contributed by atoms with E-state index < -0.39 is 27.6 Å². The summed E-state index contributed by atoms with van der Waals surface area (Å²) in [5.41, 5.74) is 8.51. The molecular weight excluding hydrogens is 540 g/mol. The zero-order valence-corrected chi connectivity index (χ0v) is 22.6. The van der Waals surface area contributed by atoms with Crippen molar-refractivity contribution < 1.29 is 26.5 Å². The predicted octanol–water partition coefficient (Wildman–Crippen LogP) is 4.59. The van der Waals surface area contributed by atoms with Crippen LogP contribution in [0.1, 0.15) is 25.3 Å². The minimum absolute atomic E-state index is 0.0917. The van der Waals surface area contributed by atoms with Crippen molar-refractivity contribution in [2.45, 2.75) is 42.5 Å². The van der Waals surface area contributed by atoms with Crippen LogP contribution in [0.3, 0.4) is 0 Å².